The first kappa shape index (κ1) is 25.4. The molecule has 9 nitrogen and oxygen atoms in total. The minimum atomic E-state index is -0.536. The fraction of sp³-hybridized carbons (Fsp3) is 0.214. The number of carbonyl (C=O) groups is 1. The predicted molar refractivity (Wildman–Crippen MR) is 140 cm³/mol. The number of nitrogens with zero attached hydrogens (tertiary/aromatic N) is 3. The molecule has 1 amide bonds. The van der Waals surface area contributed by atoms with Crippen LogP contribution in [-0.4, -0.2) is 20.6 Å². The highest BCUT2D eigenvalue weighted by atomic mass is 16.6. The van der Waals surface area contributed by atoms with Gasteiger partial charge >= 0.3 is 0 Å². The first-order chi connectivity index (χ1) is 17.7. The van der Waals surface area contributed by atoms with Gasteiger partial charge < -0.3 is 14.8 Å². The van der Waals surface area contributed by atoms with Gasteiger partial charge in [-0.3, -0.25) is 14.9 Å². The Kier molecular flexibility index (Phi) is 7.52. The zero-order valence-electron chi connectivity index (χ0n) is 21.1. The lowest BCUT2D eigenvalue weighted by Gasteiger charge is -2.11. The van der Waals surface area contributed by atoms with Gasteiger partial charge in [0.15, 0.2) is 12.4 Å². The van der Waals surface area contributed by atoms with E-state index in [-0.39, 0.29) is 29.5 Å². The van der Waals surface area contributed by atoms with Gasteiger partial charge in [0.25, 0.3) is 11.6 Å². The SMILES string of the molecule is Cc1ccc(C)c(Oc2cc(NC(=O)c3ccn(COc4ccc(C(C)C)cc4)n3)cc([N+](=O)[O-])c2)c1. The summed E-state index contributed by atoms with van der Waals surface area (Å²) >= 11 is 0. The summed E-state index contributed by atoms with van der Waals surface area (Å²) in [5, 5.41) is 18.4. The van der Waals surface area contributed by atoms with Crippen LogP contribution in [0.25, 0.3) is 0 Å². The lowest BCUT2D eigenvalue weighted by Crippen LogP contribution is -2.14. The van der Waals surface area contributed by atoms with Crippen molar-refractivity contribution in [1.82, 2.24) is 9.78 Å². The van der Waals surface area contributed by atoms with Crippen molar-refractivity contribution in [3.63, 3.8) is 0 Å². The van der Waals surface area contributed by atoms with Crippen molar-refractivity contribution in [2.45, 2.75) is 40.3 Å². The van der Waals surface area contributed by atoms with E-state index in [1.54, 1.807) is 12.3 Å². The van der Waals surface area contributed by atoms with Gasteiger partial charge in [0.1, 0.15) is 17.2 Å². The lowest BCUT2D eigenvalue weighted by atomic mass is 10.0. The van der Waals surface area contributed by atoms with Crippen molar-refractivity contribution in [3.8, 4) is 17.2 Å². The van der Waals surface area contributed by atoms with E-state index in [9.17, 15) is 14.9 Å². The topological polar surface area (TPSA) is 109 Å². The van der Waals surface area contributed by atoms with E-state index in [4.69, 9.17) is 9.47 Å². The molecule has 0 bridgehead atoms. The molecule has 0 spiro atoms. The first-order valence-corrected chi connectivity index (χ1v) is 11.8. The average Bonchev–Trinajstić information content (AvgIpc) is 3.34. The van der Waals surface area contributed by atoms with Crippen LogP contribution in [0.15, 0.2) is 72.9 Å². The molecule has 0 unspecified atom stereocenters. The molecule has 0 fully saturated rings. The summed E-state index contributed by atoms with van der Waals surface area (Å²) in [7, 11) is 0. The summed E-state index contributed by atoms with van der Waals surface area (Å²) in [6.45, 7) is 8.18. The van der Waals surface area contributed by atoms with Crippen LogP contribution in [0.3, 0.4) is 0 Å². The third-order valence-corrected chi connectivity index (χ3v) is 5.71. The normalized spacial score (nSPS) is 10.8. The molecule has 4 aromatic rings. The van der Waals surface area contributed by atoms with Gasteiger partial charge in [0.05, 0.1) is 16.7 Å². The fourth-order valence-corrected chi connectivity index (χ4v) is 3.60. The molecule has 1 N–H and O–H groups in total. The minimum Gasteiger partial charge on any atom is -0.471 e. The van der Waals surface area contributed by atoms with E-state index < -0.39 is 10.8 Å². The van der Waals surface area contributed by atoms with Crippen molar-refractivity contribution >= 4 is 17.3 Å². The quantitative estimate of drug-likeness (QED) is 0.205. The molecule has 1 aromatic heterocycles. The van der Waals surface area contributed by atoms with Crippen LogP contribution in [-0.2, 0) is 6.73 Å². The summed E-state index contributed by atoms with van der Waals surface area (Å²) in [5.41, 5.74) is 3.24. The number of rotatable bonds is 9. The van der Waals surface area contributed by atoms with Crippen LogP contribution < -0.4 is 14.8 Å². The summed E-state index contributed by atoms with van der Waals surface area (Å²) in [4.78, 5) is 23.8. The zero-order valence-corrected chi connectivity index (χ0v) is 21.1. The first-order valence-electron chi connectivity index (χ1n) is 11.8. The third kappa shape index (κ3) is 6.52. The Morgan fingerprint density at radius 3 is 2.49 bits per heavy atom. The Hall–Kier alpha value is -4.66. The van der Waals surface area contributed by atoms with Gasteiger partial charge in [0, 0.05) is 18.3 Å². The number of benzene rings is 3. The number of nitrogens with one attached hydrogen (secondary N) is 1. The number of anilines is 1. The molecule has 190 valence electrons. The molecule has 0 aliphatic heterocycles. The van der Waals surface area contributed by atoms with Gasteiger partial charge in [-0.2, -0.15) is 5.10 Å². The van der Waals surface area contributed by atoms with E-state index in [2.05, 4.69) is 24.3 Å². The van der Waals surface area contributed by atoms with Gasteiger partial charge in [-0.05, 0) is 60.7 Å². The maximum Gasteiger partial charge on any atom is 0.276 e. The standard InChI is InChI=1S/C28H28N4O5/c1-18(2)21-7-9-24(10-8-21)36-17-31-12-11-26(30-31)28(33)29-22-14-23(32(34)35)16-25(15-22)37-27-13-19(3)5-6-20(27)4/h5-16,18H,17H2,1-4H3,(H,29,33). The molecule has 0 atom stereocenters. The Bertz CT molecular complexity index is 1430. The van der Waals surface area contributed by atoms with Crippen LogP contribution in [0.4, 0.5) is 11.4 Å². The lowest BCUT2D eigenvalue weighted by molar-refractivity contribution is -0.384. The van der Waals surface area contributed by atoms with Gasteiger partial charge in [0.2, 0.25) is 0 Å². The van der Waals surface area contributed by atoms with Crippen LogP contribution >= 0.6 is 0 Å². The average molecular weight is 501 g/mol. The molecule has 0 saturated heterocycles. The van der Waals surface area contributed by atoms with Crippen molar-refractivity contribution in [2.24, 2.45) is 0 Å². The second-order valence-corrected chi connectivity index (χ2v) is 9.04. The summed E-state index contributed by atoms with van der Waals surface area (Å²) in [5.74, 6) is 1.43. The van der Waals surface area contributed by atoms with Crippen molar-refractivity contribution in [2.75, 3.05) is 5.32 Å². The number of hydrogen-bond donors (Lipinski definition) is 1. The Labute approximate surface area is 214 Å². The molecule has 4 rings (SSSR count). The fourth-order valence-electron chi connectivity index (χ4n) is 3.60. The Morgan fingerprint density at radius 2 is 1.78 bits per heavy atom. The molecule has 37 heavy (non-hydrogen) atoms. The largest absolute Gasteiger partial charge is 0.471 e. The monoisotopic (exact) mass is 500 g/mol. The van der Waals surface area contributed by atoms with Crippen LogP contribution in [0.5, 0.6) is 17.2 Å². The number of amides is 1. The van der Waals surface area contributed by atoms with E-state index in [0.717, 1.165) is 11.1 Å². The Morgan fingerprint density at radius 1 is 1.03 bits per heavy atom. The number of carbonyl (C=O) groups excluding carboxylic acids is 1. The smallest absolute Gasteiger partial charge is 0.276 e. The molecular formula is C28H28N4O5. The van der Waals surface area contributed by atoms with E-state index in [1.807, 2.05) is 56.3 Å². The molecule has 3 aromatic carbocycles. The van der Waals surface area contributed by atoms with Crippen LogP contribution in [0, 0.1) is 24.0 Å². The number of aromatic nitrogens is 2. The number of nitro benzene ring substituents is 1. The maximum atomic E-state index is 12.8. The predicted octanol–water partition coefficient (Wildman–Crippen LogP) is 6.61. The van der Waals surface area contributed by atoms with Crippen LogP contribution in [0.2, 0.25) is 0 Å². The van der Waals surface area contributed by atoms with Gasteiger partial charge in [-0.25, -0.2) is 4.68 Å². The molecule has 0 aliphatic rings. The van der Waals surface area contributed by atoms with Crippen molar-refractivity contribution in [1.29, 1.82) is 0 Å². The third-order valence-electron chi connectivity index (χ3n) is 5.71. The molecular weight excluding hydrogens is 472 g/mol. The highest BCUT2D eigenvalue weighted by Crippen LogP contribution is 2.32. The molecule has 9 heteroatoms. The second-order valence-electron chi connectivity index (χ2n) is 9.04. The van der Waals surface area contributed by atoms with Crippen molar-refractivity contribution < 1.29 is 19.2 Å². The maximum absolute atomic E-state index is 12.8. The van der Waals surface area contributed by atoms with Crippen molar-refractivity contribution in [3.05, 3.63) is 105 Å². The highest BCUT2D eigenvalue weighted by molar-refractivity contribution is 6.03. The molecule has 0 saturated carbocycles. The van der Waals surface area contributed by atoms with E-state index in [0.29, 0.717) is 17.4 Å². The van der Waals surface area contributed by atoms with Crippen LogP contribution in [0.1, 0.15) is 46.9 Å². The molecule has 1 heterocycles. The number of ether oxygens (including phenoxy) is 2. The molecule has 0 radical (unpaired) electrons. The summed E-state index contributed by atoms with van der Waals surface area (Å²) in [6.07, 6.45) is 1.62. The number of aryl methyl sites for hydroxylation is 2. The number of nitro groups is 1. The molecule has 0 aliphatic carbocycles. The van der Waals surface area contributed by atoms with Gasteiger partial charge in [-0.15, -0.1) is 0 Å². The number of hydrogen-bond acceptors (Lipinski definition) is 6. The summed E-state index contributed by atoms with van der Waals surface area (Å²) < 4.78 is 13.2. The van der Waals surface area contributed by atoms with E-state index >= 15 is 0 Å². The summed E-state index contributed by atoms with van der Waals surface area (Å²) in [6, 6.07) is 19.2. The van der Waals surface area contributed by atoms with Gasteiger partial charge in [-0.1, -0.05) is 38.1 Å². The zero-order chi connectivity index (χ0) is 26.5. The highest BCUT2D eigenvalue weighted by Gasteiger charge is 2.16. The van der Waals surface area contributed by atoms with E-state index in [1.165, 1.54) is 28.4 Å². The number of non-ortho nitro benzene ring substituents is 1. The second kappa shape index (κ2) is 10.9. The minimum absolute atomic E-state index is 0.124. The Balaban J connectivity index is 1.45.